The van der Waals surface area contributed by atoms with E-state index in [9.17, 15) is 9.18 Å². The van der Waals surface area contributed by atoms with E-state index in [0.717, 1.165) is 9.35 Å². The molecule has 0 aliphatic heterocycles. The lowest BCUT2D eigenvalue weighted by molar-refractivity contribution is 0.103. The maximum Gasteiger partial charge on any atom is 0.205 e. The molecular weight excluding hydrogens is 327 g/mol. The molecule has 1 heterocycles. The van der Waals surface area contributed by atoms with Gasteiger partial charge in [0.2, 0.25) is 5.78 Å². The summed E-state index contributed by atoms with van der Waals surface area (Å²) < 4.78 is 14.6. The Kier molecular flexibility index (Phi) is 3.66. The predicted octanol–water partition coefficient (Wildman–Crippen LogP) is 4.84. The second-order valence-electron chi connectivity index (χ2n) is 3.50. The summed E-state index contributed by atoms with van der Waals surface area (Å²) in [6.07, 6.45) is 0. The largest absolute Gasteiger partial charge is 0.288 e. The fraction of sp³-hybridized carbons (Fsp3) is 0.0833. The number of halogens is 3. The standard InChI is InChI=1S/C12H7BrClFOS/c1-6-5-9(17-12(6)13)11(16)7-3-2-4-8(14)10(7)15/h2-5H,1H3. The molecule has 0 N–H and O–H groups in total. The second-order valence-corrected chi connectivity index (χ2v) is 6.28. The maximum absolute atomic E-state index is 13.7. The Bertz CT molecular complexity index is 575. The van der Waals surface area contributed by atoms with Crippen LogP contribution < -0.4 is 0 Å². The number of aryl methyl sites for hydroxylation is 1. The third-order valence-electron chi connectivity index (χ3n) is 2.28. The first-order chi connectivity index (χ1) is 8.00. The van der Waals surface area contributed by atoms with Gasteiger partial charge >= 0.3 is 0 Å². The van der Waals surface area contributed by atoms with Crippen molar-refractivity contribution in [3.8, 4) is 0 Å². The van der Waals surface area contributed by atoms with Crippen molar-refractivity contribution in [2.75, 3.05) is 0 Å². The van der Waals surface area contributed by atoms with E-state index in [4.69, 9.17) is 11.6 Å². The summed E-state index contributed by atoms with van der Waals surface area (Å²) in [5, 5.41) is -0.0387. The van der Waals surface area contributed by atoms with Crippen molar-refractivity contribution in [1.29, 1.82) is 0 Å². The first kappa shape index (κ1) is 12.7. The lowest BCUT2D eigenvalue weighted by Gasteiger charge is -2.01. The maximum atomic E-state index is 13.7. The van der Waals surface area contributed by atoms with Crippen molar-refractivity contribution in [1.82, 2.24) is 0 Å². The van der Waals surface area contributed by atoms with Crippen molar-refractivity contribution < 1.29 is 9.18 Å². The molecule has 0 saturated heterocycles. The molecule has 1 aromatic carbocycles. The highest BCUT2D eigenvalue weighted by atomic mass is 79.9. The van der Waals surface area contributed by atoms with Gasteiger partial charge in [-0.2, -0.15) is 0 Å². The molecule has 0 aliphatic rings. The third kappa shape index (κ3) is 2.44. The zero-order valence-electron chi connectivity index (χ0n) is 8.76. The molecule has 17 heavy (non-hydrogen) atoms. The first-order valence-electron chi connectivity index (χ1n) is 4.75. The van der Waals surface area contributed by atoms with Crippen LogP contribution in [-0.2, 0) is 0 Å². The number of benzene rings is 1. The minimum Gasteiger partial charge on any atom is -0.288 e. The highest BCUT2D eigenvalue weighted by Crippen LogP contribution is 2.30. The van der Waals surface area contributed by atoms with Crippen molar-refractivity contribution in [2.24, 2.45) is 0 Å². The zero-order chi connectivity index (χ0) is 12.6. The molecule has 0 spiro atoms. The molecule has 1 nitrogen and oxygen atoms in total. The summed E-state index contributed by atoms with van der Waals surface area (Å²) in [6.45, 7) is 1.88. The molecule has 1 aromatic heterocycles. The Labute approximate surface area is 115 Å². The van der Waals surface area contributed by atoms with Crippen molar-refractivity contribution in [3.05, 3.63) is 54.9 Å². The molecule has 0 unspecified atom stereocenters. The van der Waals surface area contributed by atoms with Crippen LogP contribution in [0.2, 0.25) is 5.02 Å². The van der Waals surface area contributed by atoms with Gasteiger partial charge < -0.3 is 0 Å². The number of hydrogen-bond donors (Lipinski definition) is 0. The Balaban J connectivity index is 2.47. The van der Waals surface area contributed by atoms with Gasteiger partial charge in [0.15, 0.2) is 5.82 Å². The number of thiophene rings is 1. The normalized spacial score (nSPS) is 10.6. The van der Waals surface area contributed by atoms with E-state index < -0.39 is 5.82 Å². The molecule has 88 valence electrons. The van der Waals surface area contributed by atoms with Crippen LogP contribution in [0.5, 0.6) is 0 Å². The SMILES string of the molecule is Cc1cc(C(=O)c2cccc(Cl)c2F)sc1Br. The van der Waals surface area contributed by atoms with Gasteiger partial charge in [-0.15, -0.1) is 11.3 Å². The number of carbonyl (C=O) groups is 1. The molecule has 0 atom stereocenters. The molecule has 2 aromatic rings. The Hall–Kier alpha value is -0.710. The van der Waals surface area contributed by atoms with Gasteiger partial charge in [0.1, 0.15) is 0 Å². The van der Waals surface area contributed by atoms with Crippen LogP contribution in [0.4, 0.5) is 4.39 Å². The van der Waals surface area contributed by atoms with E-state index in [1.165, 1.54) is 23.5 Å². The molecule has 0 amide bonds. The molecule has 0 aliphatic carbocycles. The molecule has 0 radical (unpaired) electrons. The van der Waals surface area contributed by atoms with Crippen molar-refractivity contribution >= 4 is 44.7 Å². The Morgan fingerprint density at radius 1 is 1.47 bits per heavy atom. The van der Waals surface area contributed by atoms with Crippen molar-refractivity contribution in [3.63, 3.8) is 0 Å². The van der Waals surface area contributed by atoms with Crippen LogP contribution in [0, 0.1) is 12.7 Å². The van der Waals surface area contributed by atoms with Crippen LogP contribution in [-0.4, -0.2) is 5.78 Å². The minimum absolute atomic E-state index is 0.00579. The third-order valence-corrected chi connectivity index (χ3v) is 4.70. The molecular formula is C12H7BrClFOS. The average molecular weight is 334 g/mol. The fourth-order valence-electron chi connectivity index (χ4n) is 1.38. The monoisotopic (exact) mass is 332 g/mol. The van der Waals surface area contributed by atoms with E-state index in [1.807, 2.05) is 6.92 Å². The van der Waals surface area contributed by atoms with E-state index in [2.05, 4.69) is 15.9 Å². The van der Waals surface area contributed by atoms with Gasteiger partial charge in [-0.25, -0.2) is 4.39 Å². The van der Waals surface area contributed by atoms with Crippen LogP contribution >= 0.6 is 38.9 Å². The highest BCUT2D eigenvalue weighted by molar-refractivity contribution is 9.11. The Morgan fingerprint density at radius 2 is 2.18 bits per heavy atom. The lowest BCUT2D eigenvalue weighted by atomic mass is 10.1. The van der Waals surface area contributed by atoms with E-state index >= 15 is 0 Å². The minimum atomic E-state index is -0.665. The Morgan fingerprint density at radius 3 is 2.76 bits per heavy atom. The molecule has 0 saturated carbocycles. The lowest BCUT2D eigenvalue weighted by Crippen LogP contribution is -2.02. The number of ketones is 1. The van der Waals surface area contributed by atoms with Crippen LogP contribution in [0.25, 0.3) is 0 Å². The smallest absolute Gasteiger partial charge is 0.205 e. The van der Waals surface area contributed by atoms with Gasteiger partial charge in [0, 0.05) is 0 Å². The van der Waals surface area contributed by atoms with Crippen molar-refractivity contribution in [2.45, 2.75) is 6.92 Å². The van der Waals surface area contributed by atoms with Gasteiger partial charge in [0.05, 0.1) is 19.2 Å². The van der Waals surface area contributed by atoms with Crippen LogP contribution in [0.1, 0.15) is 20.8 Å². The summed E-state index contributed by atoms with van der Waals surface area (Å²) in [5.74, 6) is -1.01. The summed E-state index contributed by atoms with van der Waals surface area (Å²) in [5.41, 5.74) is 0.965. The molecule has 0 fully saturated rings. The number of carbonyl (C=O) groups excluding carboxylic acids is 1. The average Bonchev–Trinajstić information content (AvgIpc) is 2.62. The second kappa shape index (κ2) is 4.88. The fourth-order valence-corrected chi connectivity index (χ4v) is 3.05. The summed E-state index contributed by atoms with van der Waals surface area (Å²) >= 11 is 10.3. The van der Waals surface area contributed by atoms with E-state index in [1.54, 1.807) is 12.1 Å². The molecule has 2 rings (SSSR count). The van der Waals surface area contributed by atoms with Gasteiger partial charge in [-0.05, 0) is 46.6 Å². The summed E-state index contributed by atoms with van der Waals surface area (Å²) in [6, 6.07) is 6.15. The first-order valence-corrected chi connectivity index (χ1v) is 6.74. The quantitative estimate of drug-likeness (QED) is 0.719. The van der Waals surface area contributed by atoms with Gasteiger partial charge in [-0.1, -0.05) is 17.7 Å². The van der Waals surface area contributed by atoms with E-state index in [-0.39, 0.29) is 16.4 Å². The number of rotatable bonds is 2. The van der Waals surface area contributed by atoms with Crippen LogP contribution in [0.3, 0.4) is 0 Å². The topological polar surface area (TPSA) is 17.1 Å². The zero-order valence-corrected chi connectivity index (χ0v) is 11.9. The summed E-state index contributed by atoms with van der Waals surface area (Å²) in [4.78, 5) is 12.6. The molecule has 5 heteroatoms. The number of hydrogen-bond acceptors (Lipinski definition) is 2. The van der Waals surface area contributed by atoms with Crippen LogP contribution in [0.15, 0.2) is 28.1 Å². The summed E-state index contributed by atoms with van der Waals surface area (Å²) in [7, 11) is 0. The molecule has 0 bridgehead atoms. The van der Waals surface area contributed by atoms with E-state index in [0.29, 0.717) is 4.88 Å². The predicted molar refractivity (Wildman–Crippen MR) is 71.6 cm³/mol. The highest BCUT2D eigenvalue weighted by Gasteiger charge is 2.18. The van der Waals surface area contributed by atoms with Gasteiger partial charge in [0.25, 0.3) is 0 Å². The van der Waals surface area contributed by atoms with Gasteiger partial charge in [-0.3, -0.25) is 4.79 Å².